The van der Waals surface area contributed by atoms with Gasteiger partial charge in [-0.25, -0.2) is 0 Å². The van der Waals surface area contributed by atoms with E-state index < -0.39 is 0 Å². The summed E-state index contributed by atoms with van der Waals surface area (Å²) in [6.45, 7) is 7.84. The highest BCUT2D eigenvalue weighted by Gasteiger charge is 2.16. The predicted octanol–water partition coefficient (Wildman–Crippen LogP) is 2.54. The smallest absolute Gasteiger partial charge is 0.246 e. The van der Waals surface area contributed by atoms with Crippen LogP contribution in [-0.4, -0.2) is 38.8 Å². The van der Waals surface area contributed by atoms with Crippen molar-refractivity contribution in [1.82, 2.24) is 5.32 Å². The molecule has 0 bridgehead atoms. The van der Waals surface area contributed by atoms with Crippen LogP contribution in [0.25, 0.3) is 0 Å². The van der Waals surface area contributed by atoms with Gasteiger partial charge in [0.15, 0.2) is 0 Å². The number of nitrogens with one attached hydrogen (secondary N) is 1. The second-order valence-corrected chi connectivity index (χ2v) is 5.79. The van der Waals surface area contributed by atoms with Crippen LogP contribution in [-0.2, 0) is 22.4 Å². The minimum Gasteiger partial charge on any atom is -0.372 e. The Morgan fingerprint density at radius 3 is 3.00 bits per heavy atom. The number of nitrogens with zero attached hydrogens (tertiary/aromatic N) is 1. The Kier molecular flexibility index (Phi) is 6.72. The lowest BCUT2D eigenvalue weighted by Crippen LogP contribution is -2.30. The summed E-state index contributed by atoms with van der Waals surface area (Å²) in [4.78, 5) is 14.0. The Hall–Kier alpha value is -1.55. The zero-order valence-electron chi connectivity index (χ0n) is 13.9. The number of hydrogen-bond acceptors (Lipinski definition) is 3. The highest BCUT2D eigenvalue weighted by atomic mass is 16.5. The van der Waals surface area contributed by atoms with Crippen molar-refractivity contribution in [3.05, 3.63) is 29.3 Å². The molecule has 122 valence electrons. The molecule has 0 radical (unpaired) electrons. The summed E-state index contributed by atoms with van der Waals surface area (Å²) in [7, 11) is 0. The first kappa shape index (κ1) is 16.8. The molecule has 1 aliphatic rings. The van der Waals surface area contributed by atoms with E-state index in [9.17, 15) is 4.79 Å². The Balaban J connectivity index is 1.87. The van der Waals surface area contributed by atoms with Crippen LogP contribution >= 0.6 is 0 Å². The maximum absolute atomic E-state index is 11.5. The van der Waals surface area contributed by atoms with E-state index in [1.807, 2.05) is 6.92 Å². The van der Waals surface area contributed by atoms with Gasteiger partial charge in [-0.05, 0) is 49.8 Å². The van der Waals surface area contributed by atoms with Crippen LogP contribution in [0.1, 0.15) is 37.8 Å². The summed E-state index contributed by atoms with van der Waals surface area (Å²) in [5.41, 5.74) is 4.16. The molecule has 2 rings (SSSR count). The van der Waals surface area contributed by atoms with Crippen molar-refractivity contribution in [1.29, 1.82) is 0 Å². The fraction of sp³-hybridized carbons (Fsp3) is 0.611. The fourth-order valence-corrected chi connectivity index (χ4v) is 2.98. The lowest BCUT2D eigenvalue weighted by molar-refractivity contribution is -0.125. The molecule has 22 heavy (non-hydrogen) atoms. The summed E-state index contributed by atoms with van der Waals surface area (Å²) in [6.07, 6.45) is 4.47. The Bertz CT molecular complexity index is 488. The first-order valence-electron chi connectivity index (χ1n) is 8.45. The number of benzene rings is 1. The SMILES string of the molecule is CCCN1CCCc2cc(CCNC(=O)COCC)ccc21. The van der Waals surface area contributed by atoms with Crippen LogP contribution in [0.15, 0.2) is 18.2 Å². The maximum atomic E-state index is 11.5. The molecule has 1 aromatic carbocycles. The molecule has 1 aromatic rings. The Morgan fingerprint density at radius 1 is 1.36 bits per heavy atom. The Labute approximate surface area is 133 Å². The van der Waals surface area contributed by atoms with Crippen LogP contribution in [0.2, 0.25) is 0 Å². The van der Waals surface area contributed by atoms with Crippen LogP contribution < -0.4 is 10.2 Å². The van der Waals surface area contributed by atoms with Gasteiger partial charge in [-0.1, -0.05) is 19.1 Å². The first-order valence-corrected chi connectivity index (χ1v) is 8.45. The molecule has 0 saturated carbocycles. The summed E-state index contributed by atoms with van der Waals surface area (Å²) >= 11 is 0. The summed E-state index contributed by atoms with van der Waals surface area (Å²) in [5.74, 6) is -0.0334. The standard InChI is InChI=1S/C18H28N2O2/c1-3-11-20-12-5-6-16-13-15(7-8-17(16)20)9-10-19-18(21)14-22-4-2/h7-8,13H,3-6,9-12,14H2,1-2H3,(H,19,21). The monoisotopic (exact) mass is 304 g/mol. The highest BCUT2D eigenvalue weighted by molar-refractivity contribution is 5.77. The molecule has 0 atom stereocenters. The first-order chi connectivity index (χ1) is 10.7. The number of aryl methyl sites for hydroxylation is 1. The van der Waals surface area contributed by atoms with Crippen molar-refractivity contribution >= 4 is 11.6 Å². The zero-order chi connectivity index (χ0) is 15.8. The normalized spacial score (nSPS) is 13.8. The van der Waals surface area contributed by atoms with E-state index in [0.717, 1.165) is 13.0 Å². The number of carbonyl (C=O) groups excluding carboxylic acids is 1. The van der Waals surface area contributed by atoms with E-state index in [0.29, 0.717) is 13.2 Å². The third kappa shape index (κ3) is 4.73. The number of amides is 1. The third-order valence-electron chi connectivity index (χ3n) is 4.03. The minimum atomic E-state index is -0.0334. The second-order valence-electron chi connectivity index (χ2n) is 5.79. The number of anilines is 1. The largest absolute Gasteiger partial charge is 0.372 e. The van der Waals surface area contributed by atoms with Gasteiger partial charge in [-0.2, -0.15) is 0 Å². The van der Waals surface area contributed by atoms with E-state index in [2.05, 4.69) is 35.3 Å². The van der Waals surface area contributed by atoms with Gasteiger partial charge < -0.3 is 15.0 Å². The molecule has 0 fully saturated rings. The molecular formula is C18H28N2O2. The fourth-order valence-electron chi connectivity index (χ4n) is 2.98. The van der Waals surface area contributed by atoms with Gasteiger partial charge in [-0.3, -0.25) is 4.79 Å². The van der Waals surface area contributed by atoms with E-state index in [-0.39, 0.29) is 12.5 Å². The molecule has 1 aliphatic heterocycles. The summed E-state index contributed by atoms with van der Waals surface area (Å²) in [6, 6.07) is 6.76. The van der Waals surface area contributed by atoms with Gasteiger partial charge in [0.2, 0.25) is 5.91 Å². The van der Waals surface area contributed by atoms with Gasteiger partial charge in [-0.15, -0.1) is 0 Å². The van der Waals surface area contributed by atoms with Crippen LogP contribution in [0.4, 0.5) is 5.69 Å². The topological polar surface area (TPSA) is 41.6 Å². The van der Waals surface area contributed by atoms with Crippen molar-refractivity contribution in [2.75, 3.05) is 37.7 Å². The number of rotatable bonds is 8. The van der Waals surface area contributed by atoms with Crippen molar-refractivity contribution < 1.29 is 9.53 Å². The third-order valence-corrected chi connectivity index (χ3v) is 4.03. The molecule has 0 spiro atoms. The van der Waals surface area contributed by atoms with Gasteiger partial charge in [0.25, 0.3) is 0 Å². The molecular weight excluding hydrogens is 276 g/mol. The van der Waals surface area contributed by atoms with Gasteiger partial charge >= 0.3 is 0 Å². The quantitative estimate of drug-likeness (QED) is 0.802. The minimum absolute atomic E-state index is 0.0334. The number of ether oxygens (including phenoxy) is 1. The number of carbonyl (C=O) groups is 1. The lowest BCUT2D eigenvalue weighted by atomic mass is 9.98. The molecule has 0 aliphatic carbocycles. The van der Waals surface area contributed by atoms with Gasteiger partial charge in [0, 0.05) is 31.9 Å². The van der Waals surface area contributed by atoms with E-state index in [1.165, 1.54) is 42.6 Å². The summed E-state index contributed by atoms with van der Waals surface area (Å²) < 4.78 is 5.09. The zero-order valence-corrected chi connectivity index (χ0v) is 13.9. The molecule has 0 unspecified atom stereocenters. The average Bonchev–Trinajstić information content (AvgIpc) is 2.53. The molecule has 1 N–H and O–H groups in total. The molecule has 4 nitrogen and oxygen atoms in total. The lowest BCUT2D eigenvalue weighted by Gasteiger charge is -2.31. The highest BCUT2D eigenvalue weighted by Crippen LogP contribution is 2.28. The summed E-state index contributed by atoms with van der Waals surface area (Å²) in [5, 5.41) is 2.90. The number of hydrogen-bond donors (Lipinski definition) is 1. The predicted molar refractivity (Wildman–Crippen MR) is 90.5 cm³/mol. The van der Waals surface area contributed by atoms with Crippen molar-refractivity contribution in [2.24, 2.45) is 0 Å². The Morgan fingerprint density at radius 2 is 2.23 bits per heavy atom. The molecule has 4 heteroatoms. The van der Waals surface area contributed by atoms with Crippen molar-refractivity contribution in [3.8, 4) is 0 Å². The second kappa shape index (κ2) is 8.79. The van der Waals surface area contributed by atoms with Gasteiger partial charge in [0.1, 0.15) is 6.61 Å². The van der Waals surface area contributed by atoms with Crippen LogP contribution in [0.5, 0.6) is 0 Å². The van der Waals surface area contributed by atoms with Crippen molar-refractivity contribution in [2.45, 2.75) is 39.5 Å². The maximum Gasteiger partial charge on any atom is 0.246 e. The molecule has 0 aromatic heterocycles. The van der Waals surface area contributed by atoms with Crippen LogP contribution in [0, 0.1) is 0 Å². The molecule has 1 heterocycles. The van der Waals surface area contributed by atoms with E-state index in [1.54, 1.807) is 0 Å². The molecule has 1 amide bonds. The number of fused-ring (bicyclic) bond motifs is 1. The van der Waals surface area contributed by atoms with E-state index in [4.69, 9.17) is 4.74 Å². The van der Waals surface area contributed by atoms with Gasteiger partial charge in [0.05, 0.1) is 0 Å². The average molecular weight is 304 g/mol. The van der Waals surface area contributed by atoms with Crippen LogP contribution in [0.3, 0.4) is 0 Å². The van der Waals surface area contributed by atoms with E-state index >= 15 is 0 Å². The van der Waals surface area contributed by atoms with Crippen molar-refractivity contribution in [3.63, 3.8) is 0 Å². The molecule has 0 saturated heterocycles.